The Hall–Kier alpha value is -3.72. The van der Waals surface area contributed by atoms with Gasteiger partial charge in [-0.2, -0.15) is 0 Å². The van der Waals surface area contributed by atoms with E-state index in [9.17, 15) is 18.8 Å². The lowest BCUT2D eigenvalue weighted by Crippen LogP contribution is -2.31. The zero-order chi connectivity index (χ0) is 30.4. The molecular weight excluding hydrogens is 533 g/mol. The fourth-order valence-electron chi connectivity index (χ4n) is 6.06. The van der Waals surface area contributed by atoms with Gasteiger partial charge in [0.05, 0.1) is 17.6 Å². The number of aromatic nitrogens is 1. The molecule has 9 heteroatoms. The molecule has 226 valence electrons. The van der Waals surface area contributed by atoms with Crippen LogP contribution in [0.1, 0.15) is 86.6 Å². The van der Waals surface area contributed by atoms with Crippen LogP contribution in [-0.4, -0.2) is 48.5 Å². The molecule has 5 N–H and O–H groups in total. The first kappa shape index (κ1) is 31.2. The lowest BCUT2D eigenvalue weighted by Gasteiger charge is -2.30. The minimum atomic E-state index is -0.470. The van der Waals surface area contributed by atoms with Gasteiger partial charge in [0.25, 0.3) is 5.91 Å². The first-order valence-corrected chi connectivity index (χ1v) is 15.0. The van der Waals surface area contributed by atoms with Crippen molar-refractivity contribution < 1.29 is 18.8 Å². The van der Waals surface area contributed by atoms with Gasteiger partial charge in [0.2, 0.25) is 11.8 Å². The van der Waals surface area contributed by atoms with Crippen LogP contribution in [-0.2, 0) is 11.2 Å². The molecule has 42 heavy (non-hydrogen) atoms. The van der Waals surface area contributed by atoms with Gasteiger partial charge in [-0.15, -0.1) is 0 Å². The maximum Gasteiger partial charge on any atom is 0.250 e. The molecule has 1 aromatic heterocycles. The van der Waals surface area contributed by atoms with Crippen molar-refractivity contribution in [2.75, 3.05) is 25.5 Å². The first-order chi connectivity index (χ1) is 20.0. The fourth-order valence-corrected chi connectivity index (χ4v) is 6.06. The number of anilines is 1. The van der Waals surface area contributed by atoms with Crippen molar-refractivity contribution in [1.82, 2.24) is 15.2 Å². The zero-order valence-electron chi connectivity index (χ0n) is 25.2. The predicted molar refractivity (Wildman–Crippen MR) is 166 cm³/mol. The summed E-state index contributed by atoms with van der Waals surface area (Å²) in [6.45, 7) is 7.58. The van der Waals surface area contributed by atoms with Gasteiger partial charge in [0, 0.05) is 41.8 Å². The summed E-state index contributed by atoms with van der Waals surface area (Å²) in [5.41, 5.74) is 10.0. The number of primary amides is 1. The van der Waals surface area contributed by atoms with Crippen LogP contribution >= 0.6 is 0 Å². The highest BCUT2D eigenvalue weighted by Gasteiger charge is 2.35. The summed E-state index contributed by atoms with van der Waals surface area (Å²) in [7, 11) is 1.63. The highest BCUT2D eigenvalue weighted by Crippen LogP contribution is 2.43. The smallest absolute Gasteiger partial charge is 0.250 e. The number of nitrogens with zero attached hydrogens (tertiary/aromatic N) is 1. The van der Waals surface area contributed by atoms with E-state index in [-0.39, 0.29) is 23.0 Å². The summed E-state index contributed by atoms with van der Waals surface area (Å²) in [5.74, 6) is -0.807. The lowest BCUT2D eigenvalue weighted by atomic mass is 9.80. The van der Waals surface area contributed by atoms with E-state index in [1.807, 2.05) is 12.1 Å². The van der Waals surface area contributed by atoms with E-state index in [2.05, 4.69) is 36.7 Å². The Bertz CT molecular complexity index is 1460. The number of benzene rings is 2. The average molecular weight is 578 g/mol. The molecule has 1 saturated carbocycles. The van der Waals surface area contributed by atoms with Gasteiger partial charge in [-0.1, -0.05) is 46.1 Å². The second-order valence-electron chi connectivity index (χ2n) is 12.2. The van der Waals surface area contributed by atoms with E-state index in [1.165, 1.54) is 31.4 Å². The van der Waals surface area contributed by atoms with Crippen LogP contribution in [0.25, 0.3) is 22.0 Å². The van der Waals surface area contributed by atoms with E-state index < -0.39 is 5.91 Å². The number of halogens is 1. The average Bonchev–Trinajstić information content (AvgIpc) is 3.26. The maximum atomic E-state index is 14.2. The second-order valence-corrected chi connectivity index (χ2v) is 12.2. The van der Waals surface area contributed by atoms with Gasteiger partial charge in [0.15, 0.2) is 0 Å². The van der Waals surface area contributed by atoms with Crippen molar-refractivity contribution in [3.8, 4) is 11.1 Å². The summed E-state index contributed by atoms with van der Waals surface area (Å²) in [5, 5.41) is 9.90. The molecular formula is C33H44FN5O3. The highest BCUT2D eigenvalue weighted by molar-refractivity contribution is 6.06. The van der Waals surface area contributed by atoms with Gasteiger partial charge in [0.1, 0.15) is 5.82 Å². The molecule has 2 aliphatic rings. The van der Waals surface area contributed by atoms with E-state index >= 15 is 0 Å². The number of hydrogen-bond acceptors (Lipinski definition) is 5. The zero-order valence-corrected chi connectivity index (χ0v) is 25.2. The molecule has 0 atom stereocenters. The van der Waals surface area contributed by atoms with Gasteiger partial charge >= 0.3 is 0 Å². The van der Waals surface area contributed by atoms with Gasteiger partial charge in [-0.3, -0.25) is 19.0 Å². The Morgan fingerprint density at radius 3 is 2.48 bits per heavy atom. The van der Waals surface area contributed by atoms with Crippen molar-refractivity contribution in [3.63, 3.8) is 0 Å². The van der Waals surface area contributed by atoms with Crippen molar-refractivity contribution in [2.24, 2.45) is 11.1 Å². The molecule has 0 unspecified atom stereocenters. The summed E-state index contributed by atoms with van der Waals surface area (Å²) >= 11 is 0. The molecule has 3 aromatic rings. The largest absolute Gasteiger partial charge is 0.382 e. The van der Waals surface area contributed by atoms with Crippen LogP contribution in [0.2, 0.25) is 0 Å². The van der Waals surface area contributed by atoms with Crippen LogP contribution in [0.4, 0.5) is 10.1 Å². The van der Waals surface area contributed by atoms with Gasteiger partial charge in [-0.25, -0.2) is 4.39 Å². The SMILES string of the molecule is CC1(C)CC(=O)n2c(c(-c3ccc(C(N)=O)c(NC4CCCCC4)c3)c3ccc(F)cc32)C1.CCCNCC(=O)NC. The van der Waals surface area contributed by atoms with Crippen LogP contribution in [0.15, 0.2) is 36.4 Å². The molecule has 1 fully saturated rings. The second kappa shape index (κ2) is 13.5. The Kier molecular flexibility index (Phi) is 10.0. The van der Waals surface area contributed by atoms with Crippen molar-refractivity contribution >= 4 is 34.3 Å². The molecule has 8 nitrogen and oxygen atoms in total. The van der Waals surface area contributed by atoms with E-state index in [0.29, 0.717) is 36.5 Å². The molecule has 1 aliphatic carbocycles. The molecule has 0 radical (unpaired) electrons. The fraction of sp³-hybridized carbons (Fsp3) is 0.485. The third-order valence-corrected chi connectivity index (χ3v) is 8.08. The number of hydrogen-bond donors (Lipinski definition) is 4. The molecule has 0 spiro atoms. The topological polar surface area (TPSA) is 118 Å². The Morgan fingerprint density at radius 2 is 1.81 bits per heavy atom. The molecule has 2 heterocycles. The van der Waals surface area contributed by atoms with Crippen molar-refractivity contribution in [1.29, 1.82) is 0 Å². The predicted octanol–water partition coefficient (Wildman–Crippen LogP) is 5.64. The number of amides is 2. The minimum absolute atomic E-state index is 0.0163. The third kappa shape index (κ3) is 7.18. The quantitative estimate of drug-likeness (QED) is 0.259. The first-order valence-electron chi connectivity index (χ1n) is 15.0. The minimum Gasteiger partial charge on any atom is -0.382 e. The Labute approximate surface area is 247 Å². The van der Waals surface area contributed by atoms with Crippen LogP contribution < -0.4 is 21.7 Å². The molecule has 1 aliphatic heterocycles. The third-order valence-electron chi connectivity index (χ3n) is 8.08. The number of likely N-dealkylation sites (N-methyl/N-ethyl adjacent to an activating group) is 1. The van der Waals surface area contributed by atoms with Crippen molar-refractivity contribution in [2.45, 2.75) is 78.2 Å². The number of rotatable bonds is 8. The number of fused-ring (bicyclic) bond motifs is 3. The summed E-state index contributed by atoms with van der Waals surface area (Å²) in [6, 6.07) is 10.6. The molecule has 0 bridgehead atoms. The lowest BCUT2D eigenvalue weighted by molar-refractivity contribution is -0.119. The normalized spacial score (nSPS) is 16.4. The standard InChI is InChI=1S/C27H30FN3O2.C6H14N2O/c1-27(2)14-23-25(20-11-9-17(28)13-22(20)31(23)24(32)15-27)16-8-10-19(26(29)33)21(12-16)30-18-6-4-3-5-7-18;1-3-4-8-5-6(9)7-2/h8-13,18,30H,3-7,14-15H2,1-2H3,(H2,29,33);8H,3-5H2,1-2H3,(H,7,9). The van der Waals surface area contributed by atoms with Crippen molar-refractivity contribution in [3.05, 3.63) is 53.5 Å². The van der Waals surface area contributed by atoms with E-state index in [0.717, 1.165) is 53.7 Å². The number of nitrogens with two attached hydrogens (primary N) is 1. The highest BCUT2D eigenvalue weighted by atomic mass is 19.1. The Balaban J connectivity index is 0.000000392. The summed E-state index contributed by atoms with van der Waals surface area (Å²) in [4.78, 5) is 35.8. The monoisotopic (exact) mass is 577 g/mol. The number of carbonyl (C=O) groups excluding carboxylic acids is 3. The summed E-state index contributed by atoms with van der Waals surface area (Å²) < 4.78 is 15.9. The van der Waals surface area contributed by atoms with E-state index in [1.54, 1.807) is 23.7 Å². The van der Waals surface area contributed by atoms with E-state index in [4.69, 9.17) is 5.73 Å². The van der Waals surface area contributed by atoms with Crippen LogP contribution in [0.3, 0.4) is 0 Å². The van der Waals surface area contributed by atoms with Gasteiger partial charge < -0.3 is 21.7 Å². The molecule has 2 amide bonds. The number of nitrogens with one attached hydrogen (secondary N) is 3. The molecule has 5 rings (SSSR count). The van der Waals surface area contributed by atoms with Crippen LogP contribution in [0.5, 0.6) is 0 Å². The maximum absolute atomic E-state index is 14.2. The Morgan fingerprint density at radius 1 is 1.07 bits per heavy atom. The molecule has 2 aromatic carbocycles. The summed E-state index contributed by atoms with van der Waals surface area (Å²) in [6.07, 6.45) is 7.89. The van der Waals surface area contributed by atoms with Crippen LogP contribution in [0, 0.1) is 11.2 Å². The number of carbonyl (C=O) groups is 3. The van der Waals surface area contributed by atoms with Gasteiger partial charge in [-0.05, 0) is 73.5 Å². The molecule has 0 saturated heterocycles.